The zero-order valence-electron chi connectivity index (χ0n) is 12.8. The van der Waals surface area contributed by atoms with Crippen molar-refractivity contribution in [1.82, 2.24) is 24.9 Å². The number of aromatic nitrogens is 4. The molecule has 0 spiro atoms. The van der Waals surface area contributed by atoms with Gasteiger partial charge in [-0.1, -0.05) is 19.4 Å². The molecule has 0 radical (unpaired) electrons. The van der Waals surface area contributed by atoms with E-state index in [1.807, 2.05) is 28.8 Å². The minimum Gasteiger partial charge on any atom is -0.328 e. The third-order valence-electron chi connectivity index (χ3n) is 3.47. The predicted molar refractivity (Wildman–Crippen MR) is 87.0 cm³/mol. The first kappa shape index (κ1) is 15.0. The Balaban J connectivity index is 1.77. The normalized spacial score (nSPS) is 12.0. The SMILES string of the molecule is CCC[C@@H](NC(=O)Nc1ccncc1)c1nnc2ccccn12. The van der Waals surface area contributed by atoms with Crippen molar-refractivity contribution in [2.24, 2.45) is 0 Å². The summed E-state index contributed by atoms with van der Waals surface area (Å²) < 4.78 is 1.90. The smallest absolute Gasteiger partial charge is 0.319 e. The van der Waals surface area contributed by atoms with Crippen LogP contribution in [-0.4, -0.2) is 25.6 Å². The van der Waals surface area contributed by atoms with Crippen LogP contribution in [0.4, 0.5) is 10.5 Å². The summed E-state index contributed by atoms with van der Waals surface area (Å²) in [6, 6.07) is 8.70. The van der Waals surface area contributed by atoms with Crippen molar-refractivity contribution >= 4 is 17.4 Å². The van der Waals surface area contributed by atoms with Crippen LogP contribution in [0.3, 0.4) is 0 Å². The summed E-state index contributed by atoms with van der Waals surface area (Å²) in [4.78, 5) is 16.2. The lowest BCUT2D eigenvalue weighted by Gasteiger charge is -2.17. The van der Waals surface area contributed by atoms with Crippen molar-refractivity contribution in [3.05, 3.63) is 54.7 Å². The number of amides is 2. The van der Waals surface area contributed by atoms with Gasteiger partial charge in [0, 0.05) is 24.3 Å². The second-order valence-corrected chi connectivity index (χ2v) is 5.16. The van der Waals surface area contributed by atoms with Gasteiger partial charge in [-0.25, -0.2) is 4.79 Å². The molecule has 0 bridgehead atoms. The van der Waals surface area contributed by atoms with Gasteiger partial charge in [0.25, 0.3) is 0 Å². The van der Waals surface area contributed by atoms with Gasteiger partial charge in [-0.3, -0.25) is 9.38 Å². The average molecular weight is 310 g/mol. The molecule has 0 saturated heterocycles. The Morgan fingerprint density at radius 3 is 2.83 bits per heavy atom. The first-order chi connectivity index (χ1) is 11.3. The maximum absolute atomic E-state index is 12.2. The molecule has 0 saturated carbocycles. The lowest BCUT2D eigenvalue weighted by molar-refractivity contribution is 0.247. The number of pyridine rings is 2. The quantitative estimate of drug-likeness (QED) is 0.759. The van der Waals surface area contributed by atoms with E-state index >= 15 is 0 Å². The molecular formula is C16H18N6O. The summed E-state index contributed by atoms with van der Waals surface area (Å²) in [6.45, 7) is 2.07. The van der Waals surface area contributed by atoms with E-state index < -0.39 is 0 Å². The molecule has 0 aliphatic heterocycles. The summed E-state index contributed by atoms with van der Waals surface area (Å²) in [5.41, 5.74) is 1.46. The Morgan fingerprint density at radius 1 is 1.22 bits per heavy atom. The van der Waals surface area contributed by atoms with Gasteiger partial charge >= 0.3 is 6.03 Å². The number of hydrogen-bond donors (Lipinski definition) is 2. The zero-order chi connectivity index (χ0) is 16.1. The molecule has 2 N–H and O–H groups in total. The maximum atomic E-state index is 12.2. The van der Waals surface area contributed by atoms with Crippen LogP contribution < -0.4 is 10.6 Å². The number of carbonyl (C=O) groups excluding carboxylic acids is 1. The summed E-state index contributed by atoms with van der Waals surface area (Å²) in [5, 5.41) is 14.1. The van der Waals surface area contributed by atoms with Crippen molar-refractivity contribution in [2.45, 2.75) is 25.8 Å². The van der Waals surface area contributed by atoms with Crippen molar-refractivity contribution in [3.63, 3.8) is 0 Å². The minimum absolute atomic E-state index is 0.209. The molecule has 0 aromatic carbocycles. The number of nitrogens with one attached hydrogen (secondary N) is 2. The Hall–Kier alpha value is -2.96. The highest BCUT2D eigenvalue weighted by Crippen LogP contribution is 2.18. The molecule has 7 nitrogen and oxygen atoms in total. The molecule has 1 atom stereocenters. The summed E-state index contributed by atoms with van der Waals surface area (Å²) >= 11 is 0. The third-order valence-corrected chi connectivity index (χ3v) is 3.47. The molecule has 23 heavy (non-hydrogen) atoms. The van der Waals surface area contributed by atoms with Crippen LogP contribution in [-0.2, 0) is 0 Å². The highest BCUT2D eigenvalue weighted by Gasteiger charge is 2.19. The van der Waals surface area contributed by atoms with Crippen molar-refractivity contribution in [2.75, 3.05) is 5.32 Å². The van der Waals surface area contributed by atoms with E-state index in [0.717, 1.165) is 24.3 Å². The van der Waals surface area contributed by atoms with Crippen LogP contribution in [0.2, 0.25) is 0 Å². The molecule has 0 aliphatic carbocycles. The van der Waals surface area contributed by atoms with E-state index in [2.05, 4.69) is 32.7 Å². The van der Waals surface area contributed by atoms with Gasteiger partial charge in [-0.05, 0) is 30.7 Å². The van der Waals surface area contributed by atoms with Gasteiger partial charge in [-0.15, -0.1) is 10.2 Å². The molecule has 0 fully saturated rings. The molecule has 3 aromatic heterocycles. The van der Waals surface area contributed by atoms with E-state index in [1.54, 1.807) is 24.5 Å². The molecule has 2 amide bonds. The highest BCUT2D eigenvalue weighted by molar-refractivity contribution is 5.89. The Bertz CT molecular complexity index is 785. The van der Waals surface area contributed by atoms with Crippen molar-refractivity contribution < 1.29 is 4.79 Å². The van der Waals surface area contributed by atoms with Gasteiger partial charge in [0.05, 0.1) is 6.04 Å². The fourth-order valence-electron chi connectivity index (χ4n) is 2.41. The number of carbonyl (C=O) groups is 1. The van der Waals surface area contributed by atoms with Gasteiger partial charge in [0.2, 0.25) is 0 Å². The molecule has 3 heterocycles. The topological polar surface area (TPSA) is 84.2 Å². The van der Waals surface area contributed by atoms with Crippen LogP contribution in [0.15, 0.2) is 48.9 Å². The number of hydrogen-bond acceptors (Lipinski definition) is 4. The van der Waals surface area contributed by atoms with E-state index in [1.165, 1.54) is 0 Å². The van der Waals surface area contributed by atoms with E-state index in [0.29, 0.717) is 5.69 Å². The summed E-state index contributed by atoms with van der Waals surface area (Å²) in [6.07, 6.45) is 6.85. The highest BCUT2D eigenvalue weighted by atomic mass is 16.2. The van der Waals surface area contributed by atoms with Crippen LogP contribution in [0.1, 0.15) is 31.6 Å². The summed E-state index contributed by atoms with van der Waals surface area (Å²) in [7, 11) is 0. The standard InChI is InChI=1S/C16H18N6O/c1-2-5-13(15-21-20-14-6-3-4-11-22(14)15)19-16(23)18-12-7-9-17-10-8-12/h3-4,6-11,13H,2,5H2,1H3,(H2,17,18,19,23)/t13-/m1/s1. The Kier molecular flexibility index (Phi) is 4.46. The van der Waals surface area contributed by atoms with Gasteiger partial charge in [0.15, 0.2) is 11.5 Å². The molecule has 3 aromatic rings. The number of nitrogens with zero attached hydrogens (tertiary/aromatic N) is 4. The summed E-state index contributed by atoms with van der Waals surface area (Å²) in [5.74, 6) is 0.729. The number of fused-ring (bicyclic) bond motifs is 1. The number of rotatable bonds is 5. The minimum atomic E-state index is -0.276. The van der Waals surface area contributed by atoms with E-state index in [9.17, 15) is 4.79 Å². The van der Waals surface area contributed by atoms with E-state index in [-0.39, 0.29) is 12.1 Å². The van der Waals surface area contributed by atoms with Crippen LogP contribution >= 0.6 is 0 Å². The first-order valence-electron chi connectivity index (χ1n) is 7.55. The van der Waals surface area contributed by atoms with Gasteiger partial charge in [-0.2, -0.15) is 0 Å². The zero-order valence-corrected chi connectivity index (χ0v) is 12.8. The Labute approximate surface area is 133 Å². The lowest BCUT2D eigenvalue weighted by atomic mass is 10.1. The number of urea groups is 1. The monoisotopic (exact) mass is 310 g/mol. The second-order valence-electron chi connectivity index (χ2n) is 5.16. The van der Waals surface area contributed by atoms with Crippen LogP contribution in [0, 0.1) is 0 Å². The molecule has 0 unspecified atom stereocenters. The second kappa shape index (κ2) is 6.87. The Morgan fingerprint density at radius 2 is 2.04 bits per heavy atom. The van der Waals surface area contributed by atoms with Gasteiger partial charge < -0.3 is 10.6 Å². The van der Waals surface area contributed by atoms with Crippen molar-refractivity contribution in [1.29, 1.82) is 0 Å². The fourth-order valence-corrected chi connectivity index (χ4v) is 2.41. The predicted octanol–water partition coefficient (Wildman–Crippen LogP) is 2.79. The lowest BCUT2D eigenvalue weighted by Crippen LogP contribution is -2.33. The van der Waals surface area contributed by atoms with Crippen LogP contribution in [0.25, 0.3) is 5.65 Å². The maximum Gasteiger partial charge on any atom is 0.319 e. The molecule has 0 aliphatic rings. The third kappa shape index (κ3) is 3.45. The van der Waals surface area contributed by atoms with Crippen molar-refractivity contribution in [3.8, 4) is 0 Å². The molecule has 7 heteroatoms. The molecule has 3 rings (SSSR count). The average Bonchev–Trinajstić information content (AvgIpc) is 2.99. The largest absolute Gasteiger partial charge is 0.328 e. The number of anilines is 1. The van der Waals surface area contributed by atoms with Gasteiger partial charge in [0.1, 0.15) is 0 Å². The van der Waals surface area contributed by atoms with E-state index in [4.69, 9.17) is 0 Å². The molecular weight excluding hydrogens is 292 g/mol. The first-order valence-corrected chi connectivity index (χ1v) is 7.55. The fraction of sp³-hybridized carbons (Fsp3) is 0.250. The van der Waals surface area contributed by atoms with Crippen LogP contribution in [0.5, 0.6) is 0 Å². The molecule has 118 valence electrons.